The molecule has 0 aliphatic rings. The summed E-state index contributed by atoms with van der Waals surface area (Å²) in [5.41, 5.74) is 0.514. The molecule has 0 fully saturated rings. The lowest BCUT2D eigenvalue weighted by Gasteiger charge is -2.02. The topological polar surface area (TPSA) is 62.8 Å². The van der Waals surface area contributed by atoms with Gasteiger partial charge in [0.25, 0.3) is 0 Å². The van der Waals surface area contributed by atoms with Crippen molar-refractivity contribution in [1.82, 2.24) is 0 Å². The van der Waals surface area contributed by atoms with E-state index in [2.05, 4.69) is 52.8 Å². The Morgan fingerprint density at radius 3 is 2.65 bits per heavy atom. The van der Waals surface area contributed by atoms with Crippen molar-refractivity contribution < 1.29 is 14.3 Å². The summed E-state index contributed by atoms with van der Waals surface area (Å²) in [6, 6.07) is 5.01. The Kier molecular flexibility index (Phi) is 5.17. The number of rotatable bonds is 4. The molecule has 20 heavy (non-hydrogen) atoms. The normalized spacial score (nSPS) is 11.2. The number of ketones is 1. The largest absolute Gasteiger partial charge is 0.506 e. The van der Waals surface area contributed by atoms with Crippen LogP contribution in [0.3, 0.4) is 0 Å². The first kappa shape index (κ1) is 15.5. The van der Waals surface area contributed by atoms with Crippen LogP contribution in [0.4, 0.5) is 0 Å². The molecule has 0 radical (unpaired) electrons. The minimum absolute atomic E-state index is 0.0521. The molecule has 104 valence electrons. The van der Waals surface area contributed by atoms with Gasteiger partial charge in [0.15, 0.2) is 5.76 Å². The van der Waals surface area contributed by atoms with Gasteiger partial charge in [-0.15, -0.1) is 0 Å². The number of hydrogen-bond acceptors (Lipinski definition) is 4. The number of furan rings is 1. The van der Waals surface area contributed by atoms with E-state index in [1.165, 1.54) is 12.5 Å². The third kappa shape index (κ3) is 3.80. The van der Waals surface area contributed by atoms with Gasteiger partial charge in [-0.05, 0) is 44.0 Å². The van der Waals surface area contributed by atoms with Gasteiger partial charge in [0.2, 0.25) is 5.78 Å². The number of hydrogen-bond donors (Lipinski definition) is 1. The van der Waals surface area contributed by atoms with E-state index >= 15 is 0 Å². The summed E-state index contributed by atoms with van der Waals surface area (Å²) < 4.78 is 7.11. The van der Waals surface area contributed by atoms with Crippen LogP contribution in [0, 0.1) is 0 Å². The van der Waals surface area contributed by atoms with Gasteiger partial charge in [0.05, 0.1) is 8.95 Å². The summed E-state index contributed by atoms with van der Waals surface area (Å²) in [6.07, 6.45) is 2.88. The molecule has 1 aromatic carbocycles. The Bertz CT molecular complexity index is 679. The van der Waals surface area contributed by atoms with Crippen molar-refractivity contribution in [3.05, 3.63) is 49.2 Å². The summed E-state index contributed by atoms with van der Waals surface area (Å²) in [7, 11) is 0. The highest BCUT2D eigenvalue weighted by molar-refractivity contribution is 9.11. The summed E-state index contributed by atoms with van der Waals surface area (Å²) >= 11 is 9.75. The van der Waals surface area contributed by atoms with E-state index in [1.807, 2.05) is 0 Å². The van der Waals surface area contributed by atoms with E-state index in [1.54, 1.807) is 18.2 Å². The Morgan fingerprint density at radius 2 is 2.00 bits per heavy atom. The maximum atomic E-state index is 11.8. The molecule has 2 aromatic rings. The van der Waals surface area contributed by atoms with Gasteiger partial charge >= 0.3 is 0 Å². The molecular formula is C13H8Br3NO3. The van der Waals surface area contributed by atoms with Crippen LogP contribution >= 0.6 is 47.8 Å². The first-order valence-corrected chi connectivity index (χ1v) is 7.80. The van der Waals surface area contributed by atoms with Crippen LogP contribution in [-0.2, 0) is 0 Å². The lowest BCUT2D eigenvalue weighted by Crippen LogP contribution is -2.02. The third-order valence-electron chi connectivity index (χ3n) is 2.37. The predicted molar refractivity (Wildman–Crippen MR) is 86.7 cm³/mol. The van der Waals surface area contributed by atoms with Crippen molar-refractivity contribution in [2.45, 2.75) is 0 Å². The maximum absolute atomic E-state index is 11.8. The Hall–Kier alpha value is -0.920. The van der Waals surface area contributed by atoms with Crippen molar-refractivity contribution in [2.75, 3.05) is 6.54 Å². The zero-order chi connectivity index (χ0) is 14.7. The number of aliphatic imine (C=N–C) groups is 1. The number of phenols is 1. The summed E-state index contributed by atoms with van der Waals surface area (Å²) in [5.74, 6) is 0.0827. The molecule has 0 saturated carbocycles. The van der Waals surface area contributed by atoms with E-state index in [0.717, 1.165) is 4.47 Å². The average Bonchev–Trinajstić information content (AvgIpc) is 2.81. The average molecular weight is 466 g/mol. The van der Waals surface area contributed by atoms with E-state index in [-0.39, 0.29) is 23.8 Å². The molecular weight excluding hydrogens is 458 g/mol. The second kappa shape index (κ2) is 6.69. The van der Waals surface area contributed by atoms with Gasteiger partial charge in [-0.25, -0.2) is 0 Å². The van der Waals surface area contributed by atoms with Crippen LogP contribution in [-0.4, -0.2) is 23.6 Å². The molecule has 1 aromatic heterocycles. The second-order valence-corrected chi connectivity index (χ2v) is 6.53. The van der Waals surface area contributed by atoms with E-state index in [0.29, 0.717) is 14.5 Å². The number of Topliss-reactive ketones (excluding diaryl/α,β-unsaturated/α-hetero) is 1. The molecule has 0 aliphatic heterocycles. The first-order valence-electron chi connectivity index (χ1n) is 5.42. The molecule has 1 N–H and O–H groups in total. The van der Waals surface area contributed by atoms with Crippen molar-refractivity contribution in [2.24, 2.45) is 4.99 Å². The minimum Gasteiger partial charge on any atom is -0.506 e. The molecule has 0 unspecified atom stereocenters. The zero-order valence-electron chi connectivity index (χ0n) is 9.94. The first-order chi connectivity index (χ1) is 9.47. The predicted octanol–water partition coefficient (Wildman–Crippen LogP) is 4.57. The van der Waals surface area contributed by atoms with Crippen LogP contribution in [0.2, 0.25) is 0 Å². The molecule has 0 saturated heterocycles. The standard InChI is InChI=1S/C13H8Br3NO3/c14-8-1-7(13(19)10(16)2-8)4-17-5-11(18)12-3-9(15)6-20-12/h1-4,6,19H,5H2. The van der Waals surface area contributed by atoms with Crippen LogP contribution < -0.4 is 0 Å². The Labute approximate surface area is 140 Å². The lowest BCUT2D eigenvalue weighted by atomic mass is 10.2. The molecule has 0 aliphatic carbocycles. The molecule has 1 heterocycles. The molecule has 4 nitrogen and oxygen atoms in total. The molecule has 2 rings (SSSR count). The highest BCUT2D eigenvalue weighted by Crippen LogP contribution is 2.30. The Balaban J connectivity index is 2.09. The van der Waals surface area contributed by atoms with Crippen molar-refractivity contribution in [3.8, 4) is 5.75 Å². The van der Waals surface area contributed by atoms with E-state index in [9.17, 15) is 9.90 Å². The number of carbonyl (C=O) groups excluding carboxylic acids is 1. The number of halogens is 3. The smallest absolute Gasteiger partial charge is 0.219 e. The van der Waals surface area contributed by atoms with Crippen molar-refractivity contribution in [1.29, 1.82) is 0 Å². The van der Waals surface area contributed by atoms with E-state index in [4.69, 9.17) is 4.42 Å². The van der Waals surface area contributed by atoms with Gasteiger partial charge in [0, 0.05) is 22.3 Å². The lowest BCUT2D eigenvalue weighted by molar-refractivity contribution is 0.0976. The molecule has 7 heteroatoms. The molecule has 0 amide bonds. The number of benzene rings is 1. The number of nitrogens with zero attached hydrogens (tertiary/aromatic N) is 1. The summed E-state index contributed by atoms with van der Waals surface area (Å²) in [4.78, 5) is 15.8. The summed E-state index contributed by atoms with van der Waals surface area (Å²) in [5, 5.41) is 9.84. The van der Waals surface area contributed by atoms with Crippen molar-refractivity contribution in [3.63, 3.8) is 0 Å². The van der Waals surface area contributed by atoms with E-state index < -0.39 is 0 Å². The highest BCUT2D eigenvalue weighted by atomic mass is 79.9. The van der Waals surface area contributed by atoms with Gasteiger partial charge in [-0.2, -0.15) is 0 Å². The summed E-state index contributed by atoms with van der Waals surface area (Å²) in [6.45, 7) is -0.0521. The quantitative estimate of drug-likeness (QED) is 0.531. The van der Waals surface area contributed by atoms with Gasteiger partial charge in [-0.3, -0.25) is 9.79 Å². The fraction of sp³-hybridized carbons (Fsp3) is 0.0769. The number of carbonyl (C=O) groups is 1. The maximum Gasteiger partial charge on any atom is 0.219 e. The zero-order valence-corrected chi connectivity index (χ0v) is 14.7. The van der Waals surface area contributed by atoms with Gasteiger partial charge in [0.1, 0.15) is 18.6 Å². The number of aromatic hydroxyl groups is 1. The fourth-order valence-electron chi connectivity index (χ4n) is 1.45. The highest BCUT2D eigenvalue weighted by Gasteiger charge is 2.10. The monoisotopic (exact) mass is 463 g/mol. The minimum atomic E-state index is -0.236. The SMILES string of the molecule is O=C(CN=Cc1cc(Br)cc(Br)c1O)c1cc(Br)co1. The van der Waals surface area contributed by atoms with Crippen LogP contribution in [0.25, 0.3) is 0 Å². The fourth-order valence-corrected chi connectivity index (χ4v) is 3.01. The van der Waals surface area contributed by atoms with Crippen LogP contribution in [0.1, 0.15) is 16.1 Å². The molecule has 0 bridgehead atoms. The van der Waals surface area contributed by atoms with Crippen LogP contribution in [0.5, 0.6) is 5.75 Å². The van der Waals surface area contributed by atoms with Crippen molar-refractivity contribution >= 4 is 59.8 Å². The van der Waals surface area contributed by atoms with Gasteiger partial charge in [-0.1, -0.05) is 15.9 Å². The molecule has 0 spiro atoms. The van der Waals surface area contributed by atoms with Crippen LogP contribution in [0.15, 0.2) is 47.3 Å². The Morgan fingerprint density at radius 1 is 1.25 bits per heavy atom. The second-order valence-electron chi connectivity index (χ2n) is 3.85. The third-order valence-corrected chi connectivity index (χ3v) is 3.84. The number of phenolic OH excluding ortho intramolecular Hbond substituents is 1. The van der Waals surface area contributed by atoms with Gasteiger partial charge < -0.3 is 9.52 Å². The molecule has 0 atom stereocenters.